The van der Waals surface area contributed by atoms with Crippen molar-refractivity contribution in [1.82, 2.24) is 0 Å². The van der Waals surface area contributed by atoms with E-state index in [1.54, 1.807) is 6.07 Å². The molecule has 3 nitrogen and oxygen atoms in total. The summed E-state index contributed by atoms with van der Waals surface area (Å²) in [6.07, 6.45) is -3.69. The van der Waals surface area contributed by atoms with E-state index in [0.29, 0.717) is 17.5 Å². The average Bonchev–Trinajstić information content (AvgIpc) is 2.60. The highest BCUT2D eigenvalue weighted by molar-refractivity contribution is 8.13. The molecule has 0 radical (unpaired) electrons. The van der Waals surface area contributed by atoms with Gasteiger partial charge in [-0.1, -0.05) is 25.1 Å². The Morgan fingerprint density at radius 3 is 2.50 bits per heavy atom. The van der Waals surface area contributed by atoms with Gasteiger partial charge in [0.05, 0.1) is 12.7 Å². The number of carbonyl (C=O) groups is 1. The van der Waals surface area contributed by atoms with Crippen LogP contribution in [0, 0.1) is 6.92 Å². The third kappa shape index (κ3) is 4.94. The summed E-state index contributed by atoms with van der Waals surface area (Å²) in [4.78, 5) is 11.7. The molecule has 0 atom stereocenters. The number of thioether (sulfide) groups is 1. The number of benzene rings is 2. The SMILES string of the molecule is CCc1ccc(OCc2c(SC(=O)OC)cccc2C(F)(F)F)c(C)c1. The summed E-state index contributed by atoms with van der Waals surface area (Å²) < 4.78 is 50.3. The third-order valence-corrected chi connectivity index (χ3v) is 4.75. The maximum absolute atomic E-state index is 13.4. The van der Waals surface area contributed by atoms with Crippen LogP contribution in [0.2, 0.25) is 0 Å². The van der Waals surface area contributed by atoms with Gasteiger partial charge >= 0.3 is 11.5 Å². The summed E-state index contributed by atoms with van der Waals surface area (Å²) in [5, 5.41) is -0.686. The zero-order valence-corrected chi connectivity index (χ0v) is 15.5. The number of ether oxygens (including phenoxy) is 2. The lowest BCUT2D eigenvalue weighted by molar-refractivity contribution is -0.138. The van der Waals surface area contributed by atoms with Crippen LogP contribution in [-0.4, -0.2) is 12.4 Å². The molecule has 0 fully saturated rings. The fraction of sp³-hybridized carbons (Fsp3) is 0.316. The Morgan fingerprint density at radius 1 is 1.19 bits per heavy atom. The first-order valence-electron chi connectivity index (χ1n) is 7.93. The molecule has 0 unspecified atom stereocenters. The van der Waals surface area contributed by atoms with E-state index >= 15 is 0 Å². The van der Waals surface area contributed by atoms with Crippen LogP contribution in [0.4, 0.5) is 18.0 Å². The molecule has 26 heavy (non-hydrogen) atoms. The highest BCUT2D eigenvalue weighted by Crippen LogP contribution is 2.37. The summed E-state index contributed by atoms with van der Waals surface area (Å²) in [6.45, 7) is 3.56. The van der Waals surface area contributed by atoms with Crippen molar-refractivity contribution in [2.75, 3.05) is 7.11 Å². The van der Waals surface area contributed by atoms with E-state index < -0.39 is 17.0 Å². The Hall–Kier alpha value is -2.15. The molecular weight excluding hydrogens is 365 g/mol. The molecule has 0 saturated heterocycles. The summed E-state index contributed by atoms with van der Waals surface area (Å²) >= 11 is 0.605. The lowest BCUT2D eigenvalue weighted by Gasteiger charge is -2.17. The van der Waals surface area contributed by atoms with Gasteiger partial charge in [0.2, 0.25) is 0 Å². The summed E-state index contributed by atoms with van der Waals surface area (Å²) in [6, 6.07) is 9.25. The van der Waals surface area contributed by atoms with Gasteiger partial charge in [-0.05, 0) is 54.4 Å². The summed E-state index contributed by atoms with van der Waals surface area (Å²) in [7, 11) is 1.18. The Morgan fingerprint density at radius 2 is 1.92 bits per heavy atom. The maximum Gasteiger partial charge on any atom is 0.416 e. The number of hydrogen-bond acceptors (Lipinski definition) is 4. The van der Waals surface area contributed by atoms with Crippen molar-refractivity contribution in [3.63, 3.8) is 0 Å². The largest absolute Gasteiger partial charge is 0.489 e. The highest BCUT2D eigenvalue weighted by Gasteiger charge is 2.34. The van der Waals surface area contributed by atoms with Crippen molar-refractivity contribution >= 4 is 17.1 Å². The smallest absolute Gasteiger partial charge is 0.416 e. The Bertz CT molecular complexity index is 788. The fourth-order valence-corrected chi connectivity index (χ4v) is 3.15. The summed E-state index contributed by atoms with van der Waals surface area (Å²) in [5.74, 6) is 0.508. The normalized spacial score (nSPS) is 11.3. The second-order valence-corrected chi connectivity index (χ2v) is 6.56. The van der Waals surface area contributed by atoms with Crippen LogP contribution in [-0.2, 0) is 23.9 Å². The Balaban J connectivity index is 2.35. The minimum atomic E-state index is -4.55. The van der Waals surface area contributed by atoms with E-state index in [9.17, 15) is 18.0 Å². The molecule has 2 aromatic rings. The van der Waals surface area contributed by atoms with Gasteiger partial charge in [-0.3, -0.25) is 0 Å². The lowest BCUT2D eigenvalue weighted by Crippen LogP contribution is -2.12. The molecule has 140 valence electrons. The lowest BCUT2D eigenvalue weighted by atomic mass is 10.1. The van der Waals surface area contributed by atoms with E-state index in [0.717, 1.165) is 23.6 Å². The number of aryl methyl sites for hydroxylation is 2. The monoisotopic (exact) mass is 384 g/mol. The van der Waals surface area contributed by atoms with Crippen LogP contribution in [0.5, 0.6) is 5.75 Å². The first-order chi connectivity index (χ1) is 12.3. The number of carbonyl (C=O) groups excluding carboxylic acids is 1. The molecule has 0 spiro atoms. The molecule has 7 heteroatoms. The molecule has 0 aliphatic heterocycles. The van der Waals surface area contributed by atoms with Gasteiger partial charge < -0.3 is 9.47 Å². The standard InChI is InChI=1S/C19H19F3O3S/c1-4-13-8-9-16(12(2)10-13)25-11-14-15(19(20,21)22)6-5-7-17(14)26-18(23)24-3/h5-10H,4,11H2,1-3H3. The van der Waals surface area contributed by atoms with Gasteiger partial charge in [0, 0.05) is 10.5 Å². The van der Waals surface area contributed by atoms with Crippen molar-refractivity contribution < 1.29 is 27.4 Å². The zero-order valence-electron chi connectivity index (χ0n) is 14.6. The van der Waals surface area contributed by atoms with Crippen molar-refractivity contribution in [3.05, 3.63) is 58.7 Å². The highest BCUT2D eigenvalue weighted by atomic mass is 32.2. The van der Waals surface area contributed by atoms with Gasteiger partial charge in [-0.25, -0.2) is 4.79 Å². The molecule has 0 aliphatic rings. The topological polar surface area (TPSA) is 35.5 Å². The molecule has 2 aromatic carbocycles. The number of hydrogen-bond donors (Lipinski definition) is 0. The number of rotatable bonds is 5. The van der Waals surface area contributed by atoms with Gasteiger partial charge in [0.25, 0.3) is 0 Å². The predicted molar refractivity (Wildman–Crippen MR) is 94.6 cm³/mol. The van der Waals surface area contributed by atoms with Crippen molar-refractivity contribution in [3.8, 4) is 5.75 Å². The van der Waals surface area contributed by atoms with Gasteiger partial charge in [0.1, 0.15) is 12.4 Å². The molecule has 0 aliphatic carbocycles. The first kappa shape index (κ1) is 20.2. The maximum atomic E-state index is 13.4. The molecular formula is C19H19F3O3S. The van der Waals surface area contributed by atoms with Gasteiger partial charge in [-0.15, -0.1) is 0 Å². The van der Waals surface area contributed by atoms with E-state index in [1.807, 2.05) is 26.0 Å². The minimum absolute atomic E-state index is 0.0885. The minimum Gasteiger partial charge on any atom is -0.489 e. The molecule has 0 bridgehead atoms. The van der Waals surface area contributed by atoms with Crippen molar-refractivity contribution in [1.29, 1.82) is 0 Å². The van der Waals surface area contributed by atoms with Crippen molar-refractivity contribution in [2.24, 2.45) is 0 Å². The predicted octanol–water partition coefficient (Wildman–Crippen LogP) is 6.01. The van der Waals surface area contributed by atoms with E-state index in [4.69, 9.17) is 4.74 Å². The van der Waals surface area contributed by atoms with Crippen LogP contribution < -0.4 is 4.74 Å². The quantitative estimate of drug-likeness (QED) is 0.467. The van der Waals surface area contributed by atoms with Crippen molar-refractivity contribution in [2.45, 2.75) is 37.9 Å². The molecule has 0 amide bonds. The number of methoxy groups -OCH3 is 1. The van der Waals surface area contributed by atoms with Crippen LogP contribution >= 0.6 is 11.8 Å². The van der Waals surface area contributed by atoms with Gasteiger partial charge in [-0.2, -0.15) is 13.2 Å². The van der Waals surface area contributed by atoms with Crippen LogP contribution in [0.15, 0.2) is 41.3 Å². The zero-order chi connectivity index (χ0) is 19.3. The van der Waals surface area contributed by atoms with Crippen LogP contribution in [0.25, 0.3) is 0 Å². The first-order valence-corrected chi connectivity index (χ1v) is 8.75. The van der Waals surface area contributed by atoms with E-state index in [2.05, 4.69) is 4.74 Å². The second-order valence-electron chi connectivity index (χ2n) is 5.58. The second kappa shape index (κ2) is 8.49. The molecule has 0 aromatic heterocycles. The molecule has 0 heterocycles. The Kier molecular flexibility index (Phi) is 6.58. The Labute approximate surface area is 154 Å². The average molecular weight is 384 g/mol. The number of halogens is 3. The van der Waals surface area contributed by atoms with E-state index in [-0.39, 0.29) is 17.1 Å². The fourth-order valence-electron chi connectivity index (χ4n) is 2.45. The third-order valence-electron chi connectivity index (χ3n) is 3.82. The van der Waals surface area contributed by atoms with Crippen LogP contribution in [0.3, 0.4) is 0 Å². The number of alkyl halides is 3. The molecule has 0 saturated carbocycles. The molecule has 2 rings (SSSR count). The van der Waals surface area contributed by atoms with Crippen LogP contribution in [0.1, 0.15) is 29.2 Å². The van der Waals surface area contributed by atoms with Gasteiger partial charge in [0.15, 0.2) is 0 Å². The van der Waals surface area contributed by atoms with E-state index in [1.165, 1.54) is 19.2 Å². The summed E-state index contributed by atoms with van der Waals surface area (Å²) in [5.41, 5.74) is 1.05. The molecule has 0 N–H and O–H groups in total.